The highest BCUT2D eigenvalue weighted by Gasteiger charge is 2.35. The first-order valence-electron chi connectivity index (χ1n) is 5.95. The van der Waals surface area contributed by atoms with Crippen LogP contribution in [0.25, 0.3) is 0 Å². The highest BCUT2D eigenvalue weighted by molar-refractivity contribution is 5.97. The Bertz CT molecular complexity index is 461. The Kier molecular flexibility index (Phi) is 4.97. The van der Waals surface area contributed by atoms with Gasteiger partial charge in [-0.1, -0.05) is 13.3 Å². The maximum Gasteiger partial charge on any atom is 0.331 e. The average Bonchev–Trinajstić information content (AvgIpc) is 2.38. The van der Waals surface area contributed by atoms with Gasteiger partial charge in [0.2, 0.25) is 5.95 Å². The third-order valence-corrected chi connectivity index (χ3v) is 2.76. The molecule has 0 fully saturated rings. The fraction of sp³-hybridized carbons (Fsp3) is 0.462. The minimum Gasteiger partial charge on any atom is -0.467 e. The molecule has 1 heterocycles. The van der Waals surface area contributed by atoms with Crippen LogP contribution in [0.4, 0.5) is 4.39 Å². The third kappa shape index (κ3) is 3.74. The van der Waals surface area contributed by atoms with Crippen LogP contribution in [0.2, 0.25) is 0 Å². The molecule has 0 aliphatic rings. The molecule has 0 bridgehead atoms. The third-order valence-electron chi connectivity index (χ3n) is 2.76. The van der Waals surface area contributed by atoms with Crippen LogP contribution in [-0.2, 0) is 9.53 Å². The summed E-state index contributed by atoms with van der Waals surface area (Å²) >= 11 is 0. The Balaban J connectivity index is 2.87. The van der Waals surface area contributed by atoms with Gasteiger partial charge in [0, 0.05) is 6.20 Å². The van der Waals surface area contributed by atoms with Crippen molar-refractivity contribution >= 4 is 11.9 Å². The quantitative estimate of drug-likeness (QED) is 0.651. The first kappa shape index (κ1) is 15.1. The van der Waals surface area contributed by atoms with Crippen molar-refractivity contribution in [2.45, 2.75) is 32.2 Å². The first-order chi connectivity index (χ1) is 8.92. The molecule has 1 rings (SSSR count). The number of methoxy groups -OCH3 is 1. The second-order valence-corrected chi connectivity index (χ2v) is 4.40. The van der Waals surface area contributed by atoms with E-state index in [1.807, 2.05) is 6.92 Å². The first-order valence-corrected chi connectivity index (χ1v) is 5.95. The predicted molar refractivity (Wildman–Crippen MR) is 67.0 cm³/mol. The largest absolute Gasteiger partial charge is 0.467 e. The fourth-order valence-electron chi connectivity index (χ4n) is 1.77. The van der Waals surface area contributed by atoms with Crippen LogP contribution in [0.5, 0.6) is 0 Å². The van der Waals surface area contributed by atoms with Gasteiger partial charge in [-0.3, -0.25) is 4.79 Å². The summed E-state index contributed by atoms with van der Waals surface area (Å²) in [7, 11) is 1.27. The van der Waals surface area contributed by atoms with Crippen LogP contribution in [0, 0.1) is 5.95 Å². The molecule has 1 atom stereocenters. The van der Waals surface area contributed by atoms with Gasteiger partial charge in [-0.05, 0) is 25.5 Å². The van der Waals surface area contributed by atoms with E-state index in [9.17, 15) is 14.0 Å². The molecule has 1 N–H and O–H groups in total. The van der Waals surface area contributed by atoms with E-state index in [1.54, 1.807) is 6.92 Å². The number of carbonyl (C=O) groups excluding carboxylic acids is 2. The van der Waals surface area contributed by atoms with Crippen molar-refractivity contribution in [3.05, 3.63) is 29.8 Å². The summed E-state index contributed by atoms with van der Waals surface area (Å²) in [5, 5.41) is 2.60. The predicted octanol–water partition coefficient (Wildman–Crippen LogP) is 1.68. The Morgan fingerprint density at radius 1 is 1.47 bits per heavy atom. The Labute approximate surface area is 111 Å². The number of hydrogen-bond donors (Lipinski definition) is 1. The second kappa shape index (κ2) is 6.26. The van der Waals surface area contributed by atoms with Gasteiger partial charge in [-0.25, -0.2) is 9.78 Å². The number of amides is 1. The standard InChI is InChI=1S/C13H17FN2O3/c1-4-7-13(2,12(18)19-3)16-11(17)9-5-6-10(14)15-8-9/h5-6,8H,4,7H2,1-3H3,(H,16,17). The summed E-state index contributed by atoms with van der Waals surface area (Å²) in [6.45, 7) is 3.49. The molecule has 6 heteroatoms. The van der Waals surface area contributed by atoms with E-state index in [0.29, 0.717) is 12.8 Å². The maximum absolute atomic E-state index is 12.7. The number of aromatic nitrogens is 1. The second-order valence-electron chi connectivity index (χ2n) is 4.40. The van der Waals surface area contributed by atoms with Crippen molar-refractivity contribution in [1.29, 1.82) is 0 Å². The molecule has 0 spiro atoms. The Hall–Kier alpha value is -1.98. The van der Waals surface area contributed by atoms with Crippen molar-refractivity contribution in [3.63, 3.8) is 0 Å². The zero-order valence-electron chi connectivity index (χ0n) is 11.2. The summed E-state index contributed by atoms with van der Waals surface area (Å²) in [6, 6.07) is 2.39. The zero-order valence-corrected chi connectivity index (χ0v) is 11.2. The van der Waals surface area contributed by atoms with Gasteiger partial charge in [0.15, 0.2) is 0 Å². The molecule has 1 unspecified atom stereocenters. The molecule has 5 nitrogen and oxygen atoms in total. The van der Waals surface area contributed by atoms with Crippen molar-refractivity contribution < 1.29 is 18.7 Å². The molecule has 0 saturated carbocycles. The number of pyridine rings is 1. The lowest BCUT2D eigenvalue weighted by Gasteiger charge is -2.27. The molecular formula is C13H17FN2O3. The fourth-order valence-corrected chi connectivity index (χ4v) is 1.77. The van der Waals surface area contributed by atoms with Gasteiger partial charge in [0.1, 0.15) is 5.54 Å². The number of halogens is 1. The monoisotopic (exact) mass is 268 g/mol. The van der Waals surface area contributed by atoms with Crippen molar-refractivity contribution in [2.75, 3.05) is 7.11 Å². The number of rotatable bonds is 5. The minimum atomic E-state index is -1.10. The summed E-state index contributed by atoms with van der Waals surface area (Å²) in [5.74, 6) is -1.67. The van der Waals surface area contributed by atoms with Crippen molar-refractivity contribution in [3.8, 4) is 0 Å². The van der Waals surface area contributed by atoms with Gasteiger partial charge in [-0.2, -0.15) is 4.39 Å². The van der Waals surface area contributed by atoms with Gasteiger partial charge < -0.3 is 10.1 Å². The van der Waals surface area contributed by atoms with E-state index in [4.69, 9.17) is 4.74 Å². The van der Waals surface area contributed by atoms with Gasteiger partial charge in [0.05, 0.1) is 12.7 Å². The molecule has 0 aliphatic heterocycles. The molecule has 104 valence electrons. The molecule has 19 heavy (non-hydrogen) atoms. The van der Waals surface area contributed by atoms with Gasteiger partial charge >= 0.3 is 5.97 Å². The van der Waals surface area contributed by atoms with Crippen LogP contribution in [0.3, 0.4) is 0 Å². The van der Waals surface area contributed by atoms with Crippen LogP contribution >= 0.6 is 0 Å². The number of ether oxygens (including phenoxy) is 1. The SMILES string of the molecule is CCCC(C)(NC(=O)c1ccc(F)nc1)C(=O)OC. The van der Waals surface area contributed by atoms with Crippen LogP contribution in [0.1, 0.15) is 37.0 Å². The lowest BCUT2D eigenvalue weighted by Crippen LogP contribution is -2.52. The van der Waals surface area contributed by atoms with Crippen LogP contribution < -0.4 is 5.32 Å². The smallest absolute Gasteiger partial charge is 0.331 e. The minimum absolute atomic E-state index is 0.188. The lowest BCUT2D eigenvalue weighted by atomic mass is 9.95. The number of carbonyl (C=O) groups is 2. The molecule has 0 saturated heterocycles. The summed E-state index contributed by atoms with van der Waals surface area (Å²) in [6.07, 6.45) is 2.27. The molecule has 1 aromatic rings. The molecule has 1 amide bonds. The molecule has 0 aromatic carbocycles. The molecule has 0 radical (unpaired) electrons. The maximum atomic E-state index is 12.7. The molecule has 0 aliphatic carbocycles. The summed E-state index contributed by atoms with van der Waals surface area (Å²) in [4.78, 5) is 27.1. The lowest BCUT2D eigenvalue weighted by molar-refractivity contribution is -0.147. The topological polar surface area (TPSA) is 68.3 Å². The average molecular weight is 268 g/mol. The van der Waals surface area contributed by atoms with E-state index in [0.717, 1.165) is 12.3 Å². The highest BCUT2D eigenvalue weighted by atomic mass is 19.1. The van der Waals surface area contributed by atoms with E-state index >= 15 is 0 Å². The Morgan fingerprint density at radius 2 is 2.16 bits per heavy atom. The van der Waals surface area contributed by atoms with Crippen LogP contribution in [-0.4, -0.2) is 29.5 Å². The van der Waals surface area contributed by atoms with E-state index < -0.39 is 23.4 Å². The van der Waals surface area contributed by atoms with Crippen molar-refractivity contribution in [2.24, 2.45) is 0 Å². The molecule has 1 aromatic heterocycles. The summed E-state index contributed by atoms with van der Waals surface area (Å²) in [5.41, 5.74) is -0.915. The van der Waals surface area contributed by atoms with Crippen molar-refractivity contribution in [1.82, 2.24) is 10.3 Å². The Morgan fingerprint density at radius 3 is 2.63 bits per heavy atom. The number of nitrogens with one attached hydrogen (secondary N) is 1. The van der Waals surface area contributed by atoms with Gasteiger partial charge in [0.25, 0.3) is 5.91 Å². The van der Waals surface area contributed by atoms with Gasteiger partial charge in [-0.15, -0.1) is 0 Å². The highest BCUT2D eigenvalue weighted by Crippen LogP contribution is 2.15. The normalized spacial score (nSPS) is 13.5. The van der Waals surface area contributed by atoms with E-state index in [1.165, 1.54) is 13.2 Å². The number of nitrogens with zero attached hydrogens (tertiary/aromatic N) is 1. The number of hydrogen-bond acceptors (Lipinski definition) is 4. The zero-order chi connectivity index (χ0) is 14.5. The number of esters is 1. The molecular weight excluding hydrogens is 251 g/mol. The van der Waals surface area contributed by atoms with E-state index in [-0.39, 0.29) is 5.56 Å². The van der Waals surface area contributed by atoms with Crippen LogP contribution in [0.15, 0.2) is 18.3 Å². The summed E-state index contributed by atoms with van der Waals surface area (Å²) < 4.78 is 17.4. The van der Waals surface area contributed by atoms with E-state index in [2.05, 4.69) is 10.3 Å².